The van der Waals surface area contributed by atoms with E-state index in [1.165, 1.54) is 167 Å². The normalized spacial score (nSPS) is 14.5. The smallest absolute Gasteiger partial charge is 0.462 e. The van der Waals surface area contributed by atoms with Crippen LogP contribution in [0.1, 0.15) is 369 Å². The van der Waals surface area contributed by atoms with Gasteiger partial charge in [0.15, 0.2) is 12.2 Å². The molecule has 0 fully saturated rings. The van der Waals surface area contributed by atoms with E-state index >= 15 is 0 Å². The number of carbonyl (C=O) groups excluding carboxylic acids is 4. The van der Waals surface area contributed by atoms with Gasteiger partial charge in [0.1, 0.15) is 19.3 Å². The van der Waals surface area contributed by atoms with Crippen LogP contribution in [0.5, 0.6) is 0 Å². The second-order valence-corrected chi connectivity index (χ2v) is 30.3. The molecule has 0 spiro atoms. The molecular formula is C76H144O17P2. The molecule has 0 radical (unpaired) electrons. The monoisotopic (exact) mass is 1390 g/mol. The molecule has 3 N–H and O–H groups in total. The van der Waals surface area contributed by atoms with Crippen LogP contribution in [-0.4, -0.2) is 96.7 Å². The fourth-order valence-corrected chi connectivity index (χ4v) is 12.7. The number of phosphoric ester groups is 2. The summed E-state index contributed by atoms with van der Waals surface area (Å²) >= 11 is 0. The maximum absolute atomic E-state index is 13.1. The topological polar surface area (TPSA) is 237 Å². The third-order valence-corrected chi connectivity index (χ3v) is 19.3. The molecule has 0 amide bonds. The molecule has 0 aliphatic rings. The largest absolute Gasteiger partial charge is 0.472 e. The lowest BCUT2D eigenvalue weighted by molar-refractivity contribution is -0.161. The first kappa shape index (κ1) is 92.5. The van der Waals surface area contributed by atoms with Gasteiger partial charge < -0.3 is 33.8 Å². The third kappa shape index (κ3) is 68.5. The van der Waals surface area contributed by atoms with Crippen molar-refractivity contribution in [3.8, 4) is 0 Å². The highest BCUT2D eigenvalue weighted by molar-refractivity contribution is 7.47. The first-order chi connectivity index (χ1) is 45.9. The maximum atomic E-state index is 13.1. The zero-order chi connectivity index (χ0) is 70.0. The fourth-order valence-electron chi connectivity index (χ4n) is 11.1. The molecule has 560 valence electrons. The van der Waals surface area contributed by atoms with Gasteiger partial charge >= 0.3 is 39.5 Å². The van der Waals surface area contributed by atoms with Gasteiger partial charge in [-0.25, -0.2) is 9.13 Å². The lowest BCUT2D eigenvalue weighted by atomic mass is 9.99. The second-order valence-electron chi connectivity index (χ2n) is 27.4. The van der Waals surface area contributed by atoms with Crippen LogP contribution in [0, 0.1) is 11.8 Å². The molecule has 6 atom stereocenters. The quantitative estimate of drug-likeness (QED) is 0.0169. The number of ether oxygens (including phenoxy) is 4. The van der Waals surface area contributed by atoms with E-state index in [0.717, 1.165) is 121 Å². The van der Waals surface area contributed by atoms with E-state index in [9.17, 15) is 43.2 Å². The number of hydrogen-bond acceptors (Lipinski definition) is 15. The highest BCUT2D eigenvalue weighted by Gasteiger charge is 2.30. The Hall–Kier alpha value is -2.46. The molecule has 0 bridgehead atoms. The van der Waals surface area contributed by atoms with E-state index in [0.29, 0.717) is 25.7 Å². The van der Waals surface area contributed by atoms with E-state index in [4.69, 9.17) is 37.0 Å². The number of aliphatic hydroxyl groups excluding tert-OH is 1. The number of esters is 4. The van der Waals surface area contributed by atoms with Crippen molar-refractivity contribution in [2.24, 2.45) is 11.8 Å². The van der Waals surface area contributed by atoms with E-state index in [1.807, 2.05) is 0 Å². The molecule has 0 rings (SSSR count). The predicted molar refractivity (Wildman–Crippen MR) is 386 cm³/mol. The molecule has 0 aromatic rings. The Balaban J connectivity index is 5.29. The van der Waals surface area contributed by atoms with Crippen LogP contribution >= 0.6 is 15.6 Å². The number of allylic oxidation sites excluding steroid dienone is 4. The van der Waals surface area contributed by atoms with E-state index < -0.39 is 97.5 Å². The van der Waals surface area contributed by atoms with Gasteiger partial charge in [-0.15, -0.1) is 0 Å². The van der Waals surface area contributed by atoms with Gasteiger partial charge in [-0.3, -0.25) is 37.3 Å². The lowest BCUT2D eigenvalue weighted by Gasteiger charge is -2.21. The average molecular weight is 1390 g/mol. The Labute approximate surface area is 580 Å². The van der Waals surface area contributed by atoms with Crippen LogP contribution < -0.4 is 0 Å². The van der Waals surface area contributed by atoms with Crippen LogP contribution in [0.15, 0.2) is 24.3 Å². The summed E-state index contributed by atoms with van der Waals surface area (Å²) in [5, 5.41) is 10.6. The van der Waals surface area contributed by atoms with Crippen LogP contribution in [-0.2, 0) is 65.4 Å². The summed E-state index contributed by atoms with van der Waals surface area (Å²) in [4.78, 5) is 72.8. The minimum Gasteiger partial charge on any atom is -0.462 e. The van der Waals surface area contributed by atoms with E-state index in [2.05, 4.69) is 65.8 Å². The highest BCUT2D eigenvalue weighted by Crippen LogP contribution is 2.45. The van der Waals surface area contributed by atoms with Crippen LogP contribution in [0.25, 0.3) is 0 Å². The van der Waals surface area contributed by atoms with Crippen molar-refractivity contribution in [2.75, 3.05) is 39.6 Å². The van der Waals surface area contributed by atoms with Gasteiger partial charge in [-0.2, -0.15) is 0 Å². The lowest BCUT2D eigenvalue weighted by Crippen LogP contribution is -2.30. The van der Waals surface area contributed by atoms with Crippen molar-refractivity contribution < 1.29 is 80.2 Å². The third-order valence-electron chi connectivity index (χ3n) is 17.4. The van der Waals surface area contributed by atoms with Crippen molar-refractivity contribution in [3.63, 3.8) is 0 Å². The summed E-state index contributed by atoms with van der Waals surface area (Å²) in [5.41, 5.74) is 0. The Morgan fingerprint density at radius 1 is 0.347 bits per heavy atom. The van der Waals surface area contributed by atoms with Gasteiger partial charge in [0.25, 0.3) is 0 Å². The zero-order valence-corrected chi connectivity index (χ0v) is 63.2. The second kappa shape index (κ2) is 67.4. The first-order valence-electron chi connectivity index (χ1n) is 38.8. The molecule has 0 aromatic carbocycles. The van der Waals surface area contributed by atoms with Crippen LogP contribution in [0.3, 0.4) is 0 Å². The minimum absolute atomic E-state index is 0.100. The van der Waals surface area contributed by atoms with Crippen molar-refractivity contribution in [3.05, 3.63) is 24.3 Å². The van der Waals surface area contributed by atoms with Gasteiger partial charge in [0, 0.05) is 25.7 Å². The van der Waals surface area contributed by atoms with Gasteiger partial charge in [-0.05, 0) is 63.2 Å². The van der Waals surface area contributed by atoms with Crippen molar-refractivity contribution in [1.82, 2.24) is 0 Å². The number of rotatable bonds is 73. The van der Waals surface area contributed by atoms with Gasteiger partial charge in [-0.1, -0.05) is 316 Å². The molecular weight excluding hydrogens is 1250 g/mol. The molecule has 0 heterocycles. The molecule has 19 heteroatoms. The highest BCUT2D eigenvalue weighted by atomic mass is 31.2. The average Bonchev–Trinajstić information content (AvgIpc) is 3.65. The number of aliphatic hydroxyl groups is 1. The summed E-state index contributed by atoms with van der Waals surface area (Å²) in [5.74, 6) is -0.560. The number of unbranched alkanes of at least 4 members (excludes halogenated alkanes) is 39. The molecule has 0 saturated heterocycles. The summed E-state index contributed by atoms with van der Waals surface area (Å²) in [6.45, 7) is 9.56. The summed E-state index contributed by atoms with van der Waals surface area (Å²) in [7, 11) is -9.92. The Bertz CT molecular complexity index is 1930. The van der Waals surface area contributed by atoms with Crippen molar-refractivity contribution >= 4 is 39.5 Å². The predicted octanol–water partition coefficient (Wildman–Crippen LogP) is 21.9. The van der Waals surface area contributed by atoms with Gasteiger partial charge in [0.05, 0.1) is 26.4 Å². The van der Waals surface area contributed by atoms with Crippen molar-refractivity contribution in [2.45, 2.75) is 387 Å². The van der Waals surface area contributed by atoms with Crippen LogP contribution in [0.4, 0.5) is 0 Å². The van der Waals surface area contributed by atoms with Crippen molar-refractivity contribution in [1.29, 1.82) is 0 Å². The van der Waals surface area contributed by atoms with Gasteiger partial charge in [0.2, 0.25) is 0 Å². The zero-order valence-electron chi connectivity index (χ0n) is 61.5. The standard InChI is InChI=1S/C76H144O17P2/c1-7-10-12-14-16-18-20-21-22-25-28-35-41-47-53-59-74(79)87-65-72(92-75(80)60-54-48-42-36-29-26-23-24-27-32-38-44-50-56-68(4)5)67-91-95(84,85)89-63-70(77)62-88-94(82,83)90-66-71(64-86-73(78)58-52-46-40-34-19-17-15-13-11-8-2)93-76(81)61-55-49-43-37-31-30-33-39-45-51-57-69(6)9-3/h18,20-22,68-72,77H,7-17,19,23-67H2,1-6H3,(H,82,83)(H,84,85)/b20-18-,22-21-/t69?,70-,71+,72+/m0/s1. The molecule has 0 aromatic heterocycles. The SMILES string of the molecule is CCCCCC/C=C\C=C/CCCCCCCC(=O)OC[C@H](COP(=O)(O)OC[C@@H](O)COP(=O)(O)OC[C@@H](COC(=O)CCCCCCCCCCCC)OC(=O)CCCCCCCCCCCCC(C)CC)OC(=O)CCCCCCCCCCCCCCCC(C)C. The molecule has 0 aliphatic heterocycles. The summed E-state index contributed by atoms with van der Waals surface area (Å²) < 4.78 is 68.5. The Morgan fingerprint density at radius 3 is 0.947 bits per heavy atom. The number of hydrogen-bond donors (Lipinski definition) is 3. The van der Waals surface area contributed by atoms with E-state index in [1.54, 1.807) is 0 Å². The minimum atomic E-state index is -4.96. The summed E-state index contributed by atoms with van der Waals surface area (Å²) in [6.07, 6.45) is 57.5. The molecule has 0 saturated carbocycles. The number of carbonyl (C=O) groups is 4. The molecule has 3 unspecified atom stereocenters. The molecule has 17 nitrogen and oxygen atoms in total. The number of phosphoric acid groups is 2. The fraction of sp³-hybridized carbons (Fsp3) is 0.895. The van der Waals surface area contributed by atoms with E-state index in [-0.39, 0.29) is 25.7 Å². The molecule has 0 aliphatic carbocycles. The Morgan fingerprint density at radius 2 is 0.621 bits per heavy atom. The summed E-state index contributed by atoms with van der Waals surface area (Å²) in [6, 6.07) is 0. The first-order valence-corrected chi connectivity index (χ1v) is 41.8. The van der Waals surface area contributed by atoms with Crippen LogP contribution in [0.2, 0.25) is 0 Å². The molecule has 95 heavy (non-hydrogen) atoms. The Kier molecular flexibility index (Phi) is 65.6. The maximum Gasteiger partial charge on any atom is 0.472 e.